The highest BCUT2D eigenvalue weighted by molar-refractivity contribution is 6.06. The lowest BCUT2D eigenvalue weighted by Gasteiger charge is -2.18. The number of nitrogens with zero attached hydrogens (tertiary/aromatic N) is 4. The number of hydrogen-bond donors (Lipinski definition) is 1. The Morgan fingerprint density at radius 3 is 2.55 bits per heavy atom. The van der Waals surface area contributed by atoms with E-state index < -0.39 is 0 Å². The van der Waals surface area contributed by atoms with Crippen LogP contribution >= 0.6 is 0 Å². The van der Waals surface area contributed by atoms with Crippen molar-refractivity contribution in [2.75, 3.05) is 0 Å². The molecule has 1 aromatic carbocycles. The molecule has 146 valence electrons. The number of aromatic nitrogens is 4. The number of carbonyl (C=O) groups excluding carboxylic acids is 1. The summed E-state index contributed by atoms with van der Waals surface area (Å²) < 4.78 is 14.9. The SMILES string of the molecule is CCC[C@H](NC(=O)c1cncc2c1cnn2-c1ccc(F)cc1)c1ccncc1. The van der Waals surface area contributed by atoms with Gasteiger partial charge in [-0.2, -0.15) is 5.10 Å². The zero-order valence-corrected chi connectivity index (χ0v) is 15.9. The summed E-state index contributed by atoms with van der Waals surface area (Å²) in [5.74, 6) is -0.529. The molecule has 0 aliphatic heterocycles. The monoisotopic (exact) mass is 389 g/mol. The number of hydrogen-bond acceptors (Lipinski definition) is 4. The average Bonchev–Trinajstić information content (AvgIpc) is 3.19. The van der Waals surface area contributed by atoms with Crippen LogP contribution in [0.2, 0.25) is 0 Å². The van der Waals surface area contributed by atoms with Gasteiger partial charge in [-0.25, -0.2) is 9.07 Å². The molecular weight excluding hydrogens is 369 g/mol. The fourth-order valence-corrected chi connectivity index (χ4v) is 3.35. The molecule has 29 heavy (non-hydrogen) atoms. The fraction of sp³-hybridized carbons (Fsp3) is 0.182. The van der Waals surface area contributed by atoms with E-state index in [1.54, 1.807) is 47.8 Å². The molecule has 7 heteroatoms. The van der Waals surface area contributed by atoms with Crippen LogP contribution in [-0.4, -0.2) is 25.7 Å². The molecule has 6 nitrogen and oxygen atoms in total. The van der Waals surface area contributed by atoms with Gasteiger partial charge in [0.2, 0.25) is 0 Å². The smallest absolute Gasteiger partial charge is 0.254 e. The van der Waals surface area contributed by atoms with E-state index in [2.05, 4.69) is 27.3 Å². The molecular formula is C22H20FN5O. The van der Waals surface area contributed by atoms with E-state index in [1.165, 1.54) is 12.1 Å². The van der Waals surface area contributed by atoms with Crippen molar-refractivity contribution in [3.05, 3.63) is 84.3 Å². The summed E-state index contributed by atoms with van der Waals surface area (Å²) in [6.07, 6.45) is 10.0. The van der Waals surface area contributed by atoms with Crippen molar-refractivity contribution in [3.8, 4) is 5.69 Å². The molecule has 3 aromatic heterocycles. The van der Waals surface area contributed by atoms with Crippen molar-refractivity contribution in [1.82, 2.24) is 25.1 Å². The Labute approximate surface area is 167 Å². The first-order valence-corrected chi connectivity index (χ1v) is 9.46. The maximum absolute atomic E-state index is 13.2. The van der Waals surface area contributed by atoms with Crippen molar-refractivity contribution < 1.29 is 9.18 Å². The minimum Gasteiger partial charge on any atom is -0.345 e. The second-order valence-electron chi connectivity index (χ2n) is 6.75. The molecule has 1 atom stereocenters. The third-order valence-electron chi connectivity index (χ3n) is 4.80. The molecule has 4 rings (SSSR count). The van der Waals surface area contributed by atoms with Gasteiger partial charge < -0.3 is 5.32 Å². The van der Waals surface area contributed by atoms with Crippen LogP contribution in [0.15, 0.2) is 67.4 Å². The Morgan fingerprint density at radius 2 is 1.83 bits per heavy atom. The van der Waals surface area contributed by atoms with Crippen molar-refractivity contribution in [3.63, 3.8) is 0 Å². The lowest BCUT2D eigenvalue weighted by atomic mass is 10.0. The Hall–Kier alpha value is -3.61. The van der Waals surface area contributed by atoms with Gasteiger partial charge in [0.05, 0.1) is 35.2 Å². The Balaban J connectivity index is 1.67. The third kappa shape index (κ3) is 3.85. The zero-order chi connectivity index (χ0) is 20.2. The van der Waals surface area contributed by atoms with Gasteiger partial charge >= 0.3 is 0 Å². The van der Waals surface area contributed by atoms with Crippen LogP contribution in [0.1, 0.15) is 41.7 Å². The molecule has 0 bridgehead atoms. The second-order valence-corrected chi connectivity index (χ2v) is 6.75. The number of rotatable bonds is 6. The lowest BCUT2D eigenvalue weighted by Crippen LogP contribution is -2.28. The molecule has 0 aliphatic carbocycles. The topological polar surface area (TPSA) is 72.7 Å². The van der Waals surface area contributed by atoms with Gasteiger partial charge in [0, 0.05) is 24.0 Å². The van der Waals surface area contributed by atoms with Gasteiger partial charge in [0.1, 0.15) is 5.82 Å². The summed E-state index contributed by atoms with van der Waals surface area (Å²) in [6.45, 7) is 2.08. The van der Waals surface area contributed by atoms with E-state index in [0.717, 1.165) is 18.4 Å². The predicted molar refractivity (Wildman–Crippen MR) is 108 cm³/mol. The standard InChI is InChI=1S/C22H20FN5O/c1-2-3-20(15-8-10-24-11-9-15)27-22(29)19-12-25-14-21-18(19)13-26-28(21)17-6-4-16(23)5-7-17/h4-14,20H,2-3H2,1H3,(H,27,29)/t20-/m0/s1. The van der Waals surface area contributed by atoms with Crippen molar-refractivity contribution >= 4 is 16.8 Å². The van der Waals surface area contributed by atoms with Crippen LogP contribution < -0.4 is 5.32 Å². The highest BCUT2D eigenvalue weighted by atomic mass is 19.1. The van der Waals surface area contributed by atoms with Crippen LogP contribution in [0.5, 0.6) is 0 Å². The van der Waals surface area contributed by atoms with Gasteiger partial charge in [-0.05, 0) is 48.4 Å². The summed E-state index contributed by atoms with van der Waals surface area (Å²) in [7, 11) is 0. The summed E-state index contributed by atoms with van der Waals surface area (Å²) in [6, 6.07) is 9.72. The van der Waals surface area contributed by atoms with E-state index in [4.69, 9.17) is 0 Å². The maximum atomic E-state index is 13.2. The molecule has 0 spiro atoms. The van der Waals surface area contributed by atoms with E-state index in [-0.39, 0.29) is 17.8 Å². The first-order chi connectivity index (χ1) is 14.2. The molecule has 0 fully saturated rings. The zero-order valence-electron chi connectivity index (χ0n) is 15.9. The summed E-state index contributed by atoms with van der Waals surface area (Å²) >= 11 is 0. The molecule has 4 aromatic rings. The summed E-state index contributed by atoms with van der Waals surface area (Å²) in [5.41, 5.74) is 2.84. The summed E-state index contributed by atoms with van der Waals surface area (Å²) in [5, 5.41) is 8.17. The predicted octanol–water partition coefficient (Wildman–Crippen LogP) is 4.23. The Kier molecular flexibility index (Phi) is 5.29. The number of carbonyl (C=O) groups is 1. The molecule has 1 amide bonds. The van der Waals surface area contributed by atoms with Crippen LogP contribution in [-0.2, 0) is 0 Å². The quantitative estimate of drug-likeness (QED) is 0.536. The van der Waals surface area contributed by atoms with Crippen LogP contribution in [0.25, 0.3) is 16.6 Å². The van der Waals surface area contributed by atoms with E-state index in [9.17, 15) is 9.18 Å². The maximum Gasteiger partial charge on any atom is 0.254 e. The van der Waals surface area contributed by atoms with Crippen molar-refractivity contribution in [2.24, 2.45) is 0 Å². The molecule has 0 aliphatic rings. The van der Waals surface area contributed by atoms with Gasteiger partial charge in [-0.3, -0.25) is 14.8 Å². The van der Waals surface area contributed by atoms with Crippen LogP contribution in [0.3, 0.4) is 0 Å². The largest absolute Gasteiger partial charge is 0.345 e. The number of nitrogens with one attached hydrogen (secondary N) is 1. The number of halogens is 1. The molecule has 3 heterocycles. The summed E-state index contributed by atoms with van der Waals surface area (Å²) in [4.78, 5) is 21.3. The Bertz CT molecular complexity index is 1130. The van der Waals surface area contributed by atoms with Gasteiger partial charge in [0.25, 0.3) is 5.91 Å². The second kappa shape index (κ2) is 8.18. The highest BCUT2D eigenvalue weighted by Gasteiger charge is 2.19. The van der Waals surface area contributed by atoms with Crippen LogP contribution in [0.4, 0.5) is 4.39 Å². The first kappa shape index (κ1) is 18.7. The van der Waals surface area contributed by atoms with E-state index >= 15 is 0 Å². The Morgan fingerprint density at radius 1 is 1.07 bits per heavy atom. The number of pyridine rings is 2. The fourth-order valence-electron chi connectivity index (χ4n) is 3.35. The lowest BCUT2D eigenvalue weighted by molar-refractivity contribution is 0.0936. The average molecular weight is 389 g/mol. The van der Waals surface area contributed by atoms with E-state index in [0.29, 0.717) is 22.2 Å². The molecule has 0 saturated heterocycles. The van der Waals surface area contributed by atoms with E-state index in [1.807, 2.05) is 12.1 Å². The molecule has 0 saturated carbocycles. The number of amides is 1. The van der Waals surface area contributed by atoms with Crippen LogP contribution in [0, 0.1) is 5.82 Å². The van der Waals surface area contributed by atoms with Crippen molar-refractivity contribution in [2.45, 2.75) is 25.8 Å². The van der Waals surface area contributed by atoms with Gasteiger partial charge in [-0.15, -0.1) is 0 Å². The highest BCUT2D eigenvalue weighted by Crippen LogP contribution is 2.23. The van der Waals surface area contributed by atoms with Gasteiger partial charge in [0.15, 0.2) is 0 Å². The minimum atomic E-state index is -0.318. The minimum absolute atomic E-state index is 0.113. The van der Waals surface area contributed by atoms with Gasteiger partial charge in [-0.1, -0.05) is 13.3 Å². The first-order valence-electron chi connectivity index (χ1n) is 9.46. The third-order valence-corrected chi connectivity index (χ3v) is 4.80. The number of benzene rings is 1. The molecule has 0 unspecified atom stereocenters. The number of fused-ring (bicyclic) bond motifs is 1. The molecule has 0 radical (unpaired) electrons. The molecule has 1 N–H and O–H groups in total. The normalized spacial score (nSPS) is 12.1. The van der Waals surface area contributed by atoms with Crippen molar-refractivity contribution in [1.29, 1.82) is 0 Å².